The molecule has 0 heterocycles. The Bertz CT molecular complexity index is 554. The van der Waals surface area contributed by atoms with E-state index in [-0.39, 0.29) is 35.6 Å². The lowest BCUT2D eigenvalue weighted by atomic mass is 10.1. The van der Waals surface area contributed by atoms with Crippen molar-refractivity contribution in [1.82, 2.24) is 16.0 Å². The zero-order chi connectivity index (χ0) is 18.4. The summed E-state index contributed by atoms with van der Waals surface area (Å²) in [5.74, 6) is 0.552. The fourth-order valence-electron chi connectivity index (χ4n) is 2.09. The minimum atomic E-state index is -4.34. The van der Waals surface area contributed by atoms with Gasteiger partial charge in [0, 0.05) is 25.7 Å². The average molecular weight is 472 g/mol. The largest absolute Gasteiger partial charge is 0.416 e. The van der Waals surface area contributed by atoms with E-state index in [0.29, 0.717) is 18.1 Å². The minimum Gasteiger partial charge on any atom is -0.355 e. The van der Waals surface area contributed by atoms with Crippen molar-refractivity contribution in [2.45, 2.75) is 45.5 Å². The molecule has 0 aromatic heterocycles. The van der Waals surface area contributed by atoms with E-state index < -0.39 is 11.7 Å². The molecule has 0 amide bonds. The summed E-state index contributed by atoms with van der Waals surface area (Å²) in [4.78, 5) is 4.10. The minimum absolute atomic E-state index is 0. The molecule has 0 saturated heterocycles. The highest BCUT2D eigenvalue weighted by molar-refractivity contribution is 14.0. The molecule has 8 heteroatoms. The van der Waals surface area contributed by atoms with Crippen LogP contribution in [-0.4, -0.2) is 31.6 Å². The second kappa shape index (κ2) is 10.2. The van der Waals surface area contributed by atoms with Crippen LogP contribution in [-0.2, 0) is 6.18 Å². The van der Waals surface area contributed by atoms with Crippen LogP contribution in [0.1, 0.15) is 44.9 Å². The van der Waals surface area contributed by atoms with Crippen molar-refractivity contribution in [2.24, 2.45) is 4.99 Å². The van der Waals surface area contributed by atoms with Crippen molar-refractivity contribution >= 4 is 29.9 Å². The molecule has 1 unspecified atom stereocenters. The van der Waals surface area contributed by atoms with Gasteiger partial charge in [-0.3, -0.25) is 4.99 Å². The van der Waals surface area contributed by atoms with Gasteiger partial charge in [0.05, 0.1) is 11.6 Å². The van der Waals surface area contributed by atoms with E-state index in [1.807, 2.05) is 0 Å². The Morgan fingerprint density at radius 2 is 1.80 bits per heavy atom. The van der Waals surface area contributed by atoms with Gasteiger partial charge in [0.15, 0.2) is 5.96 Å². The molecule has 0 bridgehead atoms. The van der Waals surface area contributed by atoms with E-state index in [1.54, 1.807) is 20.0 Å². The van der Waals surface area contributed by atoms with Crippen LogP contribution in [0.15, 0.2) is 29.3 Å². The number of aliphatic imine (C=N–C) groups is 1. The van der Waals surface area contributed by atoms with E-state index in [2.05, 4.69) is 41.7 Å². The van der Waals surface area contributed by atoms with E-state index in [1.165, 1.54) is 6.07 Å². The van der Waals surface area contributed by atoms with Crippen molar-refractivity contribution in [3.05, 3.63) is 35.4 Å². The molecule has 0 radical (unpaired) electrons. The summed E-state index contributed by atoms with van der Waals surface area (Å²) in [5, 5.41) is 9.58. The molecule has 144 valence electrons. The first-order valence-corrected chi connectivity index (χ1v) is 7.92. The molecule has 0 aliphatic carbocycles. The van der Waals surface area contributed by atoms with E-state index >= 15 is 0 Å². The van der Waals surface area contributed by atoms with Crippen molar-refractivity contribution in [3.8, 4) is 0 Å². The Morgan fingerprint density at radius 1 is 1.16 bits per heavy atom. The monoisotopic (exact) mass is 472 g/mol. The first kappa shape index (κ1) is 24.0. The average Bonchev–Trinajstić information content (AvgIpc) is 2.48. The molecule has 1 atom stereocenters. The molecule has 0 saturated carbocycles. The van der Waals surface area contributed by atoms with E-state index in [0.717, 1.165) is 18.7 Å². The number of guanidine groups is 1. The quantitative estimate of drug-likeness (QED) is 0.264. The summed E-state index contributed by atoms with van der Waals surface area (Å²) >= 11 is 0. The van der Waals surface area contributed by atoms with Gasteiger partial charge >= 0.3 is 6.18 Å². The topological polar surface area (TPSA) is 48.5 Å². The molecule has 0 spiro atoms. The maximum absolute atomic E-state index is 12.8. The molecule has 3 N–H and O–H groups in total. The van der Waals surface area contributed by atoms with Crippen molar-refractivity contribution in [1.29, 1.82) is 0 Å². The second-order valence-corrected chi connectivity index (χ2v) is 6.67. The molecule has 1 aromatic carbocycles. The summed E-state index contributed by atoms with van der Waals surface area (Å²) in [7, 11) is 1.63. The molecule has 0 fully saturated rings. The van der Waals surface area contributed by atoms with Crippen LogP contribution < -0.4 is 16.0 Å². The summed E-state index contributed by atoms with van der Waals surface area (Å²) < 4.78 is 38.4. The molecule has 4 nitrogen and oxygen atoms in total. The summed E-state index contributed by atoms with van der Waals surface area (Å²) in [6, 6.07) is 5.02. The van der Waals surface area contributed by atoms with Gasteiger partial charge in [-0.2, -0.15) is 13.2 Å². The molecule has 1 aromatic rings. The Labute approximate surface area is 165 Å². The first-order chi connectivity index (χ1) is 11.0. The van der Waals surface area contributed by atoms with Gasteiger partial charge in [0.2, 0.25) is 0 Å². The summed E-state index contributed by atoms with van der Waals surface area (Å²) in [6.07, 6.45) is -4.34. The van der Waals surface area contributed by atoms with Gasteiger partial charge < -0.3 is 16.0 Å². The maximum atomic E-state index is 12.8. The van der Waals surface area contributed by atoms with Crippen molar-refractivity contribution in [3.63, 3.8) is 0 Å². The molecule has 0 aliphatic heterocycles. The normalized spacial score (nSPS) is 13.8. The van der Waals surface area contributed by atoms with Gasteiger partial charge in [0.25, 0.3) is 0 Å². The number of hydrogen-bond acceptors (Lipinski definition) is 2. The zero-order valence-corrected chi connectivity index (χ0v) is 17.6. The standard InChI is InChI=1S/C17H27F3N4.HI/c1-12(13-7-6-8-14(11-13)17(18,19)20)24-15(21-5)22-9-10-23-16(2,3)4;/h6-8,11-12,23H,9-10H2,1-5H3,(H2,21,22,24);1H. The molecule has 1 rings (SSSR count). The van der Waals surface area contributed by atoms with Crippen LogP contribution >= 0.6 is 24.0 Å². The number of alkyl halides is 3. The van der Waals surface area contributed by atoms with Crippen LogP contribution in [0.25, 0.3) is 0 Å². The van der Waals surface area contributed by atoms with Crippen LogP contribution in [0.5, 0.6) is 0 Å². The van der Waals surface area contributed by atoms with Gasteiger partial charge in [-0.25, -0.2) is 0 Å². The Kier molecular flexibility index (Phi) is 9.78. The lowest BCUT2D eigenvalue weighted by Crippen LogP contribution is -2.45. The van der Waals surface area contributed by atoms with E-state index in [9.17, 15) is 13.2 Å². The molecular formula is C17H28F3IN4. The molecular weight excluding hydrogens is 444 g/mol. The molecule has 25 heavy (non-hydrogen) atoms. The third kappa shape index (κ3) is 9.29. The van der Waals surface area contributed by atoms with Gasteiger partial charge in [-0.1, -0.05) is 12.1 Å². The Morgan fingerprint density at radius 3 is 2.32 bits per heavy atom. The van der Waals surface area contributed by atoms with Crippen LogP contribution in [0.2, 0.25) is 0 Å². The predicted octanol–water partition coefficient (Wildman–Crippen LogP) is 3.94. The van der Waals surface area contributed by atoms with Gasteiger partial charge in [-0.15, -0.1) is 24.0 Å². The van der Waals surface area contributed by atoms with E-state index in [4.69, 9.17) is 0 Å². The molecule has 0 aliphatic rings. The van der Waals surface area contributed by atoms with Crippen LogP contribution in [0, 0.1) is 0 Å². The number of nitrogens with zero attached hydrogens (tertiary/aromatic N) is 1. The van der Waals surface area contributed by atoms with Crippen molar-refractivity contribution in [2.75, 3.05) is 20.1 Å². The van der Waals surface area contributed by atoms with Crippen LogP contribution in [0.3, 0.4) is 0 Å². The lowest BCUT2D eigenvalue weighted by molar-refractivity contribution is -0.137. The fourth-order valence-corrected chi connectivity index (χ4v) is 2.09. The number of hydrogen-bond donors (Lipinski definition) is 3. The highest BCUT2D eigenvalue weighted by Gasteiger charge is 2.30. The highest BCUT2D eigenvalue weighted by Crippen LogP contribution is 2.30. The Hall–Kier alpha value is -1.03. The third-order valence-electron chi connectivity index (χ3n) is 3.36. The first-order valence-electron chi connectivity index (χ1n) is 7.92. The predicted molar refractivity (Wildman–Crippen MR) is 108 cm³/mol. The number of nitrogens with one attached hydrogen (secondary N) is 3. The zero-order valence-electron chi connectivity index (χ0n) is 15.3. The number of benzene rings is 1. The van der Waals surface area contributed by atoms with Gasteiger partial charge in [-0.05, 0) is 45.4 Å². The van der Waals surface area contributed by atoms with Crippen LogP contribution in [0.4, 0.5) is 13.2 Å². The smallest absolute Gasteiger partial charge is 0.355 e. The summed E-state index contributed by atoms with van der Waals surface area (Å²) in [5.41, 5.74) is -0.0594. The van der Waals surface area contributed by atoms with Gasteiger partial charge in [0.1, 0.15) is 0 Å². The van der Waals surface area contributed by atoms with Crippen molar-refractivity contribution < 1.29 is 13.2 Å². The third-order valence-corrected chi connectivity index (χ3v) is 3.36. The fraction of sp³-hybridized carbons (Fsp3) is 0.588. The highest BCUT2D eigenvalue weighted by atomic mass is 127. The lowest BCUT2D eigenvalue weighted by Gasteiger charge is -2.22. The SMILES string of the molecule is CN=C(NCCNC(C)(C)C)NC(C)c1cccc(C(F)(F)F)c1.I. The Balaban J connectivity index is 0.00000576. The number of rotatable bonds is 5. The number of halogens is 4. The maximum Gasteiger partial charge on any atom is 0.416 e. The second-order valence-electron chi connectivity index (χ2n) is 6.67. The summed E-state index contributed by atoms with van der Waals surface area (Å²) in [6.45, 7) is 9.45.